The molecule has 0 aromatic carbocycles. The molecule has 1 aromatic heterocycles. The Labute approximate surface area is 132 Å². The minimum atomic E-state index is -0.212. The van der Waals surface area contributed by atoms with Gasteiger partial charge >= 0.3 is 6.09 Å². The molecule has 0 aliphatic carbocycles. The lowest BCUT2D eigenvalue weighted by Gasteiger charge is -2.30. The molecule has 0 N–H and O–H groups in total. The van der Waals surface area contributed by atoms with Crippen LogP contribution in [0.15, 0.2) is 4.52 Å². The van der Waals surface area contributed by atoms with E-state index in [0.29, 0.717) is 31.5 Å². The molecule has 2 heterocycles. The summed E-state index contributed by atoms with van der Waals surface area (Å²) in [7, 11) is 0. The molecule has 1 aromatic rings. The number of aromatic nitrogens is 2. The standard InChI is InChI=1S/C16H27N3O3/c1-11(2)10-21-15(20)19-8-6-12(7-9-19)13-17-14(22-18-13)16(3,4)5/h11-12H,6-10H2,1-5H3. The molecule has 0 bridgehead atoms. The molecular weight excluding hydrogens is 282 g/mol. The van der Waals surface area contributed by atoms with Crippen LogP contribution in [-0.4, -0.2) is 40.8 Å². The summed E-state index contributed by atoms with van der Waals surface area (Å²) in [6.07, 6.45) is 1.48. The molecule has 0 unspecified atom stereocenters. The van der Waals surface area contributed by atoms with E-state index in [1.807, 2.05) is 13.8 Å². The van der Waals surface area contributed by atoms with E-state index < -0.39 is 0 Å². The van der Waals surface area contributed by atoms with Crippen molar-refractivity contribution in [2.45, 2.75) is 58.8 Å². The normalized spacial score (nSPS) is 17.1. The zero-order valence-corrected chi connectivity index (χ0v) is 14.3. The third kappa shape index (κ3) is 4.21. The van der Waals surface area contributed by atoms with Crippen LogP contribution in [0, 0.1) is 5.92 Å². The van der Waals surface area contributed by atoms with Crippen molar-refractivity contribution in [1.29, 1.82) is 0 Å². The zero-order chi connectivity index (χ0) is 16.3. The van der Waals surface area contributed by atoms with E-state index >= 15 is 0 Å². The molecule has 1 amide bonds. The van der Waals surface area contributed by atoms with Crippen molar-refractivity contribution in [2.24, 2.45) is 5.92 Å². The fourth-order valence-electron chi connectivity index (χ4n) is 2.35. The van der Waals surface area contributed by atoms with Crippen LogP contribution in [0.3, 0.4) is 0 Å². The van der Waals surface area contributed by atoms with Crippen molar-refractivity contribution in [2.75, 3.05) is 19.7 Å². The first-order valence-corrected chi connectivity index (χ1v) is 8.03. The van der Waals surface area contributed by atoms with E-state index in [1.54, 1.807) is 4.90 Å². The first kappa shape index (κ1) is 16.8. The first-order chi connectivity index (χ1) is 10.3. The van der Waals surface area contributed by atoms with E-state index in [-0.39, 0.29) is 17.4 Å². The largest absolute Gasteiger partial charge is 0.449 e. The number of likely N-dealkylation sites (tertiary alicyclic amines) is 1. The summed E-state index contributed by atoms with van der Waals surface area (Å²) in [6, 6.07) is 0. The number of amides is 1. The monoisotopic (exact) mass is 309 g/mol. The van der Waals surface area contributed by atoms with Gasteiger partial charge in [0.1, 0.15) is 0 Å². The molecule has 22 heavy (non-hydrogen) atoms. The second-order valence-corrected chi connectivity index (χ2v) is 7.44. The summed E-state index contributed by atoms with van der Waals surface area (Å²) in [5.74, 6) is 2.05. The molecule has 2 rings (SSSR count). The Balaban J connectivity index is 1.87. The van der Waals surface area contributed by atoms with Gasteiger partial charge in [-0.1, -0.05) is 39.8 Å². The predicted octanol–water partition coefficient (Wildman–Crippen LogP) is 3.34. The molecule has 6 heteroatoms. The molecule has 6 nitrogen and oxygen atoms in total. The molecular formula is C16H27N3O3. The number of ether oxygens (including phenoxy) is 1. The van der Waals surface area contributed by atoms with Gasteiger partial charge in [0.2, 0.25) is 5.89 Å². The third-order valence-electron chi connectivity index (χ3n) is 3.74. The number of rotatable bonds is 3. The summed E-state index contributed by atoms with van der Waals surface area (Å²) in [5.41, 5.74) is -0.132. The second-order valence-electron chi connectivity index (χ2n) is 7.44. The predicted molar refractivity (Wildman–Crippen MR) is 82.7 cm³/mol. The molecule has 1 aliphatic rings. The average Bonchev–Trinajstić information content (AvgIpc) is 2.94. The number of piperidine rings is 1. The Kier molecular flexibility index (Phi) is 5.08. The fraction of sp³-hybridized carbons (Fsp3) is 0.812. The smallest absolute Gasteiger partial charge is 0.409 e. The molecule has 0 spiro atoms. The van der Waals surface area contributed by atoms with E-state index in [1.165, 1.54) is 0 Å². The van der Waals surface area contributed by atoms with Crippen LogP contribution in [0.4, 0.5) is 4.79 Å². The van der Waals surface area contributed by atoms with Crippen LogP contribution >= 0.6 is 0 Å². The molecule has 0 saturated carbocycles. The van der Waals surface area contributed by atoms with Gasteiger partial charge in [0, 0.05) is 24.4 Å². The van der Waals surface area contributed by atoms with Gasteiger partial charge in [0.25, 0.3) is 0 Å². The van der Waals surface area contributed by atoms with Gasteiger partial charge in [-0.05, 0) is 18.8 Å². The summed E-state index contributed by atoms with van der Waals surface area (Å²) in [4.78, 5) is 18.2. The Morgan fingerprint density at radius 2 is 2.00 bits per heavy atom. The summed E-state index contributed by atoms with van der Waals surface area (Å²) >= 11 is 0. The Morgan fingerprint density at radius 1 is 1.36 bits per heavy atom. The second kappa shape index (κ2) is 6.67. The van der Waals surface area contributed by atoms with Gasteiger partial charge in [-0.2, -0.15) is 4.98 Å². The molecule has 1 aliphatic heterocycles. The number of carbonyl (C=O) groups excluding carboxylic acids is 1. The molecule has 124 valence electrons. The van der Waals surface area contributed by atoms with Crippen molar-refractivity contribution in [3.63, 3.8) is 0 Å². The van der Waals surface area contributed by atoms with Gasteiger partial charge in [0.05, 0.1) is 6.61 Å². The number of nitrogens with zero attached hydrogens (tertiary/aromatic N) is 3. The van der Waals surface area contributed by atoms with Crippen LogP contribution < -0.4 is 0 Å². The average molecular weight is 309 g/mol. The van der Waals surface area contributed by atoms with Gasteiger partial charge in [0.15, 0.2) is 5.82 Å². The summed E-state index contributed by atoms with van der Waals surface area (Å²) < 4.78 is 10.6. The topological polar surface area (TPSA) is 68.5 Å². The lowest BCUT2D eigenvalue weighted by atomic mass is 9.95. The Bertz CT molecular complexity index is 497. The highest BCUT2D eigenvalue weighted by Gasteiger charge is 2.29. The maximum atomic E-state index is 11.9. The summed E-state index contributed by atoms with van der Waals surface area (Å²) in [5, 5.41) is 4.11. The molecule has 0 atom stereocenters. The quantitative estimate of drug-likeness (QED) is 0.856. The number of hydrogen-bond acceptors (Lipinski definition) is 5. The van der Waals surface area contributed by atoms with Crippen LogP contribution in [-0.2, 0) is 10.2 Å². The minimum absolute atomic E-state index is 0.132. The van der Waals surface area contributed by atoms with E-state index in [4.69, 9.17) is 9.26 Å². The van der Waals surface area contributed by atoms with Crippen LogP contribution in [0.25, 0.3) is 0 Å². The fourth-order valence-corrected chi connectivity index (χ4v) is 2.35. The Hall–Kier alpha value is -1.59. The van der Waals surface area contributed by atoms with Crippen molar-refractivity contribution in [3.05, 3.63) is 11.7 Å². The highest BCUT2D eigenvalue weighted by Crippen LogP contribution is 2.28. The lowest BCUT2D eigenvalue weighted by molar-refractivity contribution is 0.0829. The van der Waals surface area contributed by atoms with Gasteiger partial charge in [-0.15, -0.1) is 0 Å². The third-order valence-corrected chi connectivity index (χ3v) is 3.74. The van der Waals surface area contributed by atoms with Gasteiger partial charge in [-0.3, -0.25) is 0 Å². The van der Waals surface area contributed by atoms with Crippen LogP contribution in [0.1, 0.15) is 65.1 Å². The molecule has 0 radical (unpaired) electrons. The highest BCUT2D eigenvalue weighted by molar-refractivity contribution is 5.67. The molecule has 1 saturated heterocycles. The maximum Gasteiger partial charge on any atom is 0.409 e. The van der Waals surface area contributed by atoms with Crippen molar-refractivity contribution in [1.82, 2.24) is 15.0 Å². The minimum Gasteiger partial charge on any atom is -0.449 e. The molecule has 1 fully saturated rings. The lowest BCUT2D eigenvalue weighted by Crippen LogP contribution is -2.38. The number of carbonyl (C=O) groups is 1. The zero-order valence-electron chi connectivity index (χ0n) is 14.3. The Morgan fingerprint density at radius 3 is 2.50 bits per heavy atom. The van der Waals surface area contributed by atoms with E-state index in [0.717, 1.165) is 18.7 Å². The van der Waals surface area contributed by atoms with Crippen LogP contribution in [0.2, 0.25) is 0 Å². The van der Waals surface area contributed by atoms with Crippen molar-refractivity contribution >= 4 is 6.09 Å². The highest BCUT2D eigenvalue weighted by atomic mass is 16.6. The van der Waals surface area contributed by atoms with Gasteiger partial charge in [-0.25, -0.2) is 4.79 Å². The summed E-state index contributed by atoms with van der Waals surface area (Å²) in [6.45, 7) is 12.1. The van der Waals surface area contributed by atoms with Gasteiger partial charge < -0.3 is 14.2 Å². The van der Waals surface area contributed by atoms with E-state index in [9.17, 15) is 4.79 Å². The van der Waals surface area contributed by atoms with Crippen molar-refractivity contribution in [3.8, 4) is 0 Å². The number of hydrogen-bond donors (Lipinski definition) is 0. The SMILES string of the molecule is CC(C)COC(=O)N1CCC(c2noc(C(C)(C)C)n2)CC1. The maximum absolute atomic E-state index is 11.9. The van der Waals surface area contributed by atoms with Crippen LogP contribution in [0.5, 0.6) is 0 Å². The van der Waals surface area contributed by atoms with Crippen molar-refractivity contribution < 1.29 is 14.1 Å². The first-order valence-electron chi connectivity index (χ1n) is 8.03. The van der Waals surface area contributed by atoms with E-state index in [2.05, 4.69) is 30.9 Å².